The van der Waals surface area contributed by atoms with Crippen molar-refractivity contribution in [2.24, 2.45) is 11.8 Å². The summed E-state index contributed by atoms with van der Waals surface area (Å²) < 4.78 is 12.2. The van der Waals surface area contributed by atoms with Gasteiger partial charge in [0.25, 0.3) is 0 Å². The highest BCUT2D eigenvalue weighted by Gasteiger charge is 2.28. The molecule has 0 spiro atoms. The molecule has 0 aromatic rings. The Kier molecular flexibility index (Phi) is 2.66. The van der Waals surface area contributed by atoms with E-state index in [0.717, 1.165) is 13.0 Å². The fourth-order valence-electron chi connectivity index (χ4n) is 1.75. The number of nitrogens with one attached hydrogen (secondary N) is 1. The lowest BCUT2D eigenvalue weighted by molar-refractivity contribution is 0.286. The fraction of sp³-hybridized carbons (Fsp3) is 1.00. The Bertz CT molecular complexity index is 103. The molecule has 1 aliphatic rings. The smallest absolute Gasteiger partial charge is 0.105 e. The number of hydrogen-bond donors (Lipinski definition) is 1. The highest BCUT2D eigenvalue weighted by Crippen LogP contribution is 2.23. The van der Waals surface area contributed by atoms with Gasteiger partial charge in [-0.2, -0.15) is 0 Å². The van der Waals surface area contributed by atoms with Gasteiger partial charge in [-0.05, 0) is 24.8 Å². The molecule has 1 N–H and O–H groups in total. The van der Waals surface area contributed by atoms with Crippen LogP contribution < -0.4 is 5.32 Å². The third kappa shape index (κ3) is 1.48. The van der Waals surface area contributed by atoms with Gasteiger partial charge < -0.3 is 5.32 Å². The first-order chi connectivity index (χ1) is 4.75. The normalized spacial score (nSPS) is 33.6. The van der Waals surface area contributed by atoms with Crippen molar-refractivity contribution in [1.29, 1.82) is 0 Å². The molecule has 1 aliphatic heterocycles. The Morgan fingerprint density at radius 2 is 2.30 bits per heavy atom. The quantitative estimate of drug-likeness (QED) is 0.622. The summed E-state index contributed by atoms with van der Waals surface area (Å²) in [6.07, 6.45) is 1.15. The highest BCUT2D eigenvalue weighted by atomic mass is 19.1. The van der Waals surface area contributed by atoms with Crippen LogP contribution in [0, 0.1) is 11.8 Å². The van der Waals surface area contributed by atoms with Crippen molar-refractivity contribution in [3.05, 3.63) is 0 Å². The van der Waals surface area contributed by atoms with Crippen molar-refractivity contribution in [1.82, 2.24) is 5.32 Å². The average molecular weight is 145 g/mol. The molecule has 0 aromatic carbocycles. The number of alkyl halides is 1. The van der Waals surface area contributed by atoms with Gasteiger partial charge in [0.05, 0.1) is 0 Å². The van der Waals surface area contributed by atoms with Gasteiger partial charge in [-0.3, -0.25) is 0 Å². The average Bonchev–Trinajstić information content (AvgIpc) is 2.33. The summed E-state index contributed by atoms with van der Waals surface area (Å²) in [5.41, 5.74) is 0. The van der Waals surface area contributed by atoms with Crippen LogP contribution in [0.1, 0.15) is 20.3 Å². The van der Waals surface area contributed by atoms with E-state index in [1.54, 1.807) is 0 Å². The second-order valence-electron chi connectivity index (χ2n) is 3.41. The molecule has 60 valence electrons. The topological polar surface area (TPSA) is 12.0 Å². The molecule has 1 heterocycles. The molecule has 1 nitrogen and oxygen atoms in total. The molecule has 1 fully saturated rings. The predicted molar refractivity (Wildman–Crippen MR) is 40.7 cm³/mol. The molecule has 0 aliphatic carbocycles. The van der Waals surface area contributed by atoms with Crippen LogP contribution in [0.5, 0.6) is 0 Å². The molecular formula is C8H16FN. The van der Waals surface area contributed by atoms with E-state index in [1.165, 1.54) is 0 Å². The standard InChI is InChI=1S/C8H16FN/c1-6(2)7-3-4-10-8(7)5-9/h6-8,10H,3-5H2,1-2H3. The lowest BCUT2D eigenvalue weighted by atomic mass is 9.90. The van der Waals surface area contributed by atoms with E-state index in [-0.39, 0.29) is 12.7 Å². The molecule has 0 bridgehead atoms. The minimum atomic E-state index is -0.206. The Morgan fingerprint density at radius 1 is 1.60 bits per heavy atom. The lowest BCUT2D eigenvalue weighted by Gasteiger charge is -2.19. The maximum atomic E-state index is 12.2. The molecule has 2 atom stereocenters. The summed E-state index contributed by atoms with van der Waals surface area (Å²) in [6, 6.07) is 0.139. The Balaban J connectivity index is 2.42. The minimum Gasteiger partial charge on any atom is -0.311 e. The van der Waals surface area contributed by atoms with Crippen LogP contribution in [-0.4, -0.2) is 19.3 Å². The predicted octanol–water partition coefficient (Wildman–Crippen LogP) is 1.59. The number of halogens is 1. The van der Waals surface area contributed by atoms with Crippen molar-refractivity contribution in [2.45, 2.75) is 26.3 Å². The van der Waals surface area contributed by atoms with Gasteiger partial charge in [-0.1, -0.05) is 13.8 Å². The SMILES string of the molecule is CC(C)C1CCNC1CF. The van der Waals surface area contributed by atoms with Gasteiger partial charge in [-0.15, -0.1) is 0 Å². The van der Waals surface area contributed by atoms with Gasteiger partial charge in [0.2, 0.25) is 0 Å². The first kappa shape index (κ1) is 7.99. The Hall–Kier alpha value is -0.110. The summed E-state index contributed by atoms with van der Waals surface area (Å²) >= 11 is 0. The maximum Gasteiger partial charge on any atom is 0.105 e. The summed E-state index contributed by atoms with van der Waals surface area (Å²) in [6.45, 7) is 5.13. The lowest BCUT2D eigenvalue weighted by Crippen LogP contribution is -2.31. The molecule has 10 heavy (non-hydrogen) atoms. The Labute approximate surface area is 62.0 Å². The summed E-state index contributed by atoms with van der Waals surface area (Å²) in [5, 5.41) is 3.16. The summed E-state index contributed by atoms with van der Waals surface area (Å²) in [5.74, 6) is 1.18. The second-order valence-corrected chi connectivity index (χ2v) is 3.41. The van der Waals surface area contributed by atoms with Crippen LogP contribution in [0.4, 0.5) is 4.39 Å². The monoisotopic (exact) mass is 145 g/mol. The Morgan fingerprint density at radius 3 is 2.70 bits per heavy atom. The maximum absolute atomic E-state index is 12.2. The van der Waals surface area contributed by atoms with Gasteiger partial charge in [0.1, 0.15) is 6.67 Å². The van der Waals surface area contributed by atoms with Crippen LogP contribution in [0.2, 0.25) is 0 Å². The van der Waals surface area contributed by atoms with E-state index in [4.69, 9.17) is 0 Å². The molecule has 0 saturated carbocycles. The number of rotatable bonds is 2. The zero-order valence-corrected chi connectivity index (χ0v) is 6.73. The zero-order chi connectivity index (χ0) is 7.56. The minimum absolute atomic E-state index is 0.139. The molecule has 2 heteroatoms. The van der Waals surface area contributed by atoms with E-state index in [1.807, 2.05) is 0 Å². The van der Waals surface area contributed by atoms with E-state index >= 15 is 0 Å². The van der Waals surface area contributed by atoms with Gasteiger partial charge in [0, 0.05) is 6.04 Å². The third-order valence-corrected chi connectivity index (χ3v) is 2.42. The summed E-state index contributed by atoms with van der Waals surface area (Å²) in [7, 11) is 0. The van der Waals surface area contributed by atoms with Crippen LogP contribution in [0.3, 0.4) is 0 Å². The van der Waals surface area contributed by atoms with Crippen LogP contribution in [-0.2, 0) is 0 Å². The molecule has 1 rings (SSSR count). The molecule has 0 aromatic heterocycles. The highest BCUT2D eigenvalue weighted by molar-refractivity contribution is 4.84. The van der Waals surface area contributed by atoms with Crippen molar-refractivity contribution in [2.75, 3.05) is 13.2 Å². The van der Waals surface area contributed by atoms with Gasteiger partial charge in [-0.25, -0.2) is 4.39 Å². The van der Waals surface area contributed by atoms with E-state index < -0.39 is 0 Å². The molecule has 0 amide bonds. The molecular weight excluding hydrogens is 129 g/mol. The molecule has 1 saturated heterocycles. The van der Waals surface area contributed by atoms with Crippen molar-refractivity contribution < 1.29 is 4.39 Å². The van der Waals surface area contributed by atoms with Crippen LogP contribution >= 0.6 is 0 Å². The van der Waals surface area contributed by atoms with E-state index in [9.17, 15) is 4.39 Å². The first-order valence-corrected chi connectivity index (χ1v) is 4.05. The van der Waals surface area contributed by atoms with Crippen LogP contribution in [0.15, 0.2) is 0 Å². The number of hydrogen-bond acceptors (Lipinski definition) is 1. The van der Waals surface area contributed by atoms with Crippen molar-refractivity contribution in [3.8, 4) is 0 Å². The first-order valence-electron chi connectivity index (χ1n) is 4.05. The van der Waals surface area contributed by atoms with E-state index in [2.05, 4.69) is 19.2 Å². The van der Waals surface area contributed by atoms with Crippen LogP contribution in [0.25, 0.3) is 0 Å². The largest absolute Gasteiger partial charge is 0.311 e. The summed E-state index contributed by atoms with van der Waals surface area (Å²) in [4.78, 5) is 0. The van der Waals surface area contributed by atoms with Crippen molar-refractivity contribution in [3.63, 3.8) is 0 Å². The van der Waals surface area contributed by atoms with Crippen molar-refractivity contribution >= 4 is 0 Å². The van der Waals surface area contributed by atoms with E-state index in [0.29, 0.717) is 11.8 Å². The molecule has 2 unspecified atom stereocenters. The van der Waals surface area contributed by atoms with Gasteiger partial charge in [0.15, 0.2) is 0 Å². The third-order valence-electron chi connectivity index (χ3n) is 2.42. The second kappa shape index (κ2) is 3.33. The molecule has 0 radical (unpaired) electrons. The zero-order valence-electron chi connectivity index (χ0n) is 6.73. The van der Waals surface area contributed by atoms with Gasteiger partial charge >= 0.3 is 0 Å². The fourth-order valence-corrected chi connectivity index (χ4v) is 1.75.